The van der Waals surface area contributed by atoms with Crippen molar-refractivity contribution in [3.8, 4) is 0 Å². The standard InChI is InChI=1S/C7H12O5.Na.H/c1-10-6(9)5(4-8)7(11-2)12-3;;/h4,7-8H,1-3H3;;/q;+1;-1. The molecule has 0 saturated carbocycles. The Balaban J connectivity index is -0.000000605. The molecule has 72 valence electrons. The van der Waals surface area contributed by atoms with Crippen molar-refractivity contribution in [1.82, 2.24) is 0 Å². The summed E-state index contributed by atoms with van der Waals surface area (Å²) in [6.07, 6.45) is -0.300. The summed E-state index contributed by atoms with van der Waals surface area (Å²) < 4.78 is 13.8. The Bertz CT molecular complexity index is 181. The van der Waals surface area contributed by atoms with Crippen molar-refractivity contribution < 1.29 is 55.1 Å². The van der Waals surface area contributed by atoms with Crippen LogP contribution in [0.3, 0.4) is 0 Å². The summed E-state index contributed by atoms with van der Waals surface area (Å²) >= 11 is 0. The minimum Gasteiger partial charge on any atom is -1.00 e. The van der Waals surface area contributed by atoms with E-state index >= 15 is 0 Å². The van der Waals surface area contributed by atoms with Gasteiger partial charge in [-0.3, -0.25) is 0 Å². The zero-order valence-corrected chi connectivity index (χ0v) is 10.2. The van der Waals surface area contributed by atoms with Crippen molar-refractivity contribution in [3.05, 3.63) is 11.8 Å². The number of rotatable bonds is 4. The number of methoxy groups -OCH3 is 3. The maximum atomic E-state index is 10.9. The predicted molar refractivity (Wildman–Crippen MR) is 41.6 cm³/mol. The Hall–Kier alpha value is -0.0700. The largest absolute Gasteiger partial charge is 1.00 e. The predicted octanol–water partition coefficient (Wildman–Crippen LogP) is -2.66. The molecule has 0 bridgehead atoms. The molecule has 0 aromatic heterocycles. The van der Waals surface area contributed by atoms with Gasteiger partial charge in [0.25, 0.3) is 0 Å². The Morgan fingerprint density at radius 2 is 1.85 bits per heavy atom. The molecule has 6 heteroatoms. The van der Waals surface area contributed by atoms with Crippen molar-refractivity contribution in [3.63, 3.8) is 0 Å². The van der Waals surface area contributed by atoms with E-state index in [9.17, 15) is 4.79 Å². The molecule has 0 radical (unpaired) electrons. The number of carbonyl (C=O) groups is 1. The molecule has 0 spiro atoms. The van der Waals surface area contributed by atoms with Gasteiger partial charge in [-0.05, 0) is 0 Å². The third kappa shape index (κ3) is 4.64. The number of aliphatic hydroxyl groups excluding tert-OH is 1. The van der Waals surface area contributed by atoms with Crippen molar-refractivity contribution in [2.24, 2.45) is 0 Å². The molecule has 0 aromatic rings. The molecule has 0 atom stereocenters. The van der Waals surface area contributed by atoms with Crippen LogP contribution in [0.1, 0.15) is 1.43 Å². The molecular formula is C7H13NaO5. The van der Waals surface area contributed by atoms with Crippen LogP contribution in [0.15, 0.2) is 11.8 Å². The van der Waals surface area contributed by atoms with Crippen LogP contribution >= 0.6 is 0 Å². The molecule has 1 N–H and O–H groups in total. The van der Waals surface area contributed by atoms with E-state index in [0.717, 1.165) is 0 Å². The number of carbonyl (C=O) groups excluding carboxylic acids is 1. The van der Waals surface area contributed by atoms with Crippen LogP contribution in [0.4, 0.5) is 0 Å². The van der Waals surface area contributed by atoms with Gasteiger partial charge in [-0.2, -0.15) is 0 Å². The van der Waals surface area contributed by atoms with Gasteiger partial charge in [-0.25, -0.2) is 4.79 Å². The van der Waals surface area contributed by atoms with E-state index < -0.39 is 12.3 Å². The van der Waals surface area contributed by atoms with Crippen molar-refractivity contribution in [2.45, 2.75) is 6.29 Å². The minimum atomic E-state index is -0.901. The zero-order chi connectivity index (χ0) is 9.56. The molecule has 0 saturated heterocycles. The average molecular weight is 200 g/mol. The van der Waals surface area contributed by atoms with E-state index in [-0.39, 0.29) is 36.6 Å². The van der Waals surface area contributed by atoms with Gasteiger partial charge in [0.15, 0.2) is 6.29 Å². The van der Waals surface area contributed by atoms with Gasteiger partial charge in [0.2, 0.25) is 0 Å². The van der Waals surface area contributed by atoms with Gasteiger partial charge < -0.3 is 20.7 Å². The molecule has 0 rings (SSSR count). The first-order valence-corrected chi connectivity index (χ1v) is 3.19. The van der Waals surface area contributed by atoms with Crippen LogP contribution in [0.5, 0.6) is 0 Å². The van der Waals surface area contributed by atoms with E-state index in [1.165, 1.54) is 21.3 Å². The number of hydrogen-bond acceptors (Lipinski definition) is 5. The zero-order valence-electron chi connectivity index (χ0n) is 9.23. The summed E-state index contributed by atoms with van der Waals surface area (Å²) in [4.78, 5) is 10.9. The molecule has 0 heterocycles. The molecule has 0 unspecified atom stereocenters. The maximum absolute atomic E-state index is 10.9. The molecule has 0 aliphatic heterocycles. The van der Waals surface area contributed by atoms with E-state index in [1.807, 2.05) is 0 Å². The molecule has 0 aliphatic rings. The minimum absolute atomic E-state index is 0. The Kier molecular flexibility index (Phi) is 10.1. The molecule has 0 aliphatic carbocycles. The van der Waals surface area contributed by atoms with E-state index in [0.29, 0.717) is 6.26 Å². The monoisotopic (exact) mass is 200 g/mol. The van der Waals surface area contributed by atoms with E-state index in [4.69, 9.17) is 14.6 Å². The quantitative estimate of drug-likeness (QED) is 0.176. The third-order valence-electron chi connectivity index (χ3n) is 1.24. The maximum Gasteiger partial charge on any atom is 1.00 e. The number of ether oxygens (including phenoxy) is 3. The third-order valence-corrected chi connectivity index (χ3v) is 1.24. The summed E-state index contributed by atoms with van der Waals surface area (Å²) in [5.74, 6) is -0.689. The van der Waals surface area contributed by atoms with Gasteiger partial charge in [0, 0.05) is 14.2 Å². The van der Waals surface area contributed by atoms with Gasteiger partial charge >= 0.3 is 35.5 Å². The second-order valence-corrected chi connectivity index (χ2v) is 1.88. The van der Waals surface area contributed by atoms with Gasteiger partial charge in [0.1, 0.15) is 5.57 Å². The van der Waals surface area contributed by atoms with Gasteiger partial charge in [-0.1, -0.05) is 0 Å². The number of esters is 1. The SMILES string of the molecule is COC(=O)C(=CO)C(OC)OC.[H-].[Na+]. The fourth-order valence-electron chi connectivity index (χ4n) is 0.678. The summed E-state index contributed by atoms with van der Waals surface area (Å²) in [7, 11) is 3.90. The number of aliphatic hydroxyl groups is 1. The van der Waals surface area contributed by atoms with Crippen LogP contribution < -0.4 is 29.6 Å². The van der Waals surface area contributed by atoms with Crippen LogP contribution in [0.25, 0.3) is 0 Å². The normalized spacial score (nSPS) is 10.9. The summed E-state index contributed by atoms with van der Waals surface area (Å²) in [6.45, 7) is 0. The van der Waals surface area contributed by atoms with Crippen LogP contribution in [-0.4, -0.2) is 38.7 Å². The van der Waals surface area contributed by atoms with Gasteiger partial charge in [0.05, 0.1) is 13.4 Å². The fraction of sp³-hybridized carbons (Fsp3) is 0.571. The molecule has 0 aromatic carbocycles. The van der Waals surface area contributed by atoms with Crippen LogP contribution in [0, 0.1) is 0 Å². The molecule has 5 nitrogen and oxygen atoms in total. The molecule has 0 amide bonds. The molecular weight excluding hydrogens is 187 g/mol. The summed E-state index contributed by atoms with van der Waals surface area (Å²) in [5, 5.41) is 8.64. The smallest absolute Gasteiger partial charge is 1.00 e. The first-order chi connectivity index (χ1) is 5.71. The Labute approximate surface area is 100 Å². The Morgan fingerprint density at radius 1 is 1.38 bits per heavy atom. The van der Waals surface area contributed by atoms with Crippen LogP contribution in [0.2, 0.25) is 0 Å². The Morgan fingerprint density at radius 3 is 2.08 bits per heavy atom. The van der Waals surface area contributed by atoms with Crippen molar-refractivity contribution in [1.29, 1.82) is 0 Å². The summed E-state index contributed by atoms with van der Waals surface area (Å²) in [6, 6.07) is 0. The van der Waals surface area contributed by atoms with Crippen LogP contribution in [-0.2, 0) is 19.0 Å². The second kappa shape index (κ2) is 8.52. The van der Waals surface area contributed by atoms with Crippen molar-refractivity contribution in [2.75, 3.05) is 21.3 Å². The van der Waals surface area contributed by atoms with E-state index in [1.54, 1.807) is 0 Å². The summed E-state index contributed by atoms with van der Waals surface area (Å²) in [5.41, 5.74) is -0.0810. The molecule has 0 fully saturated rings. The average Bonchev–Trinajstić information content (AvgIpc) is 2.12. The topological polar surface area (TPSA) is 65.0 Å². The van der Waals surface area contributed by atoms with Crippen molar-refractivity contribution >= 4 is 5.97 Å². The first kappa shape index (κ1) is 15.4. The molecule has 13 heavy (non-hydrogen) atoms. The first-order valence-electron chi connectivity index (χ1n) is 3.19. The fourth-order valence-corrected chi connectivity index (χ4v) is 0.678. The van der Waals surface area contributed by atoms with Gasteiger partial charge in [-0.15, -0.1) is 0 Å². The second-order valence-electron chi connectivity index (χ2n) is 1.88. The number of hydrogen-bond donors (Lipinski definition) is 1. The van der Waals surface area contributed by atoms with E-state index in [2.05, 4.69) is 4.74 Å².